The van der Waals surface area contributed by atoms with Crippen molar-refractivity contribution in [3.63, 3.8) is 0 Å². The van der Waals surface area contributed by atoms with Gasteiger partial charge in [-0.3, -0.25) is 0 Å². The van der Waals surface area contributed by atoms with Gasteiger partial charge in [0.25, 0.3) is 0 Å². The third-order valence-corrected chi connectivity index (χ3v) is 9.49. The summed E-state index contributed by atoms with van der Waals surface area (Å²) in [4.78, 5) is 2.24. The molecule has 0 amide bonds. The van der Waals surface area contributed by atoms with E-state index in [0.717, 1.165) is 12.8 Å². The van der Waals surface area contributed by atoms with Crippen LogP contribution in [-0.4, -0.2) is 19.3 Å². The zero-order valence-corrected chi connectivity index (χ0v) is 17.4. The summed E-state index contributed by atoms with van der Waals surface area (Å²) in [5.74, 6) is 0. The Bertz CT molecular complexity index is 253. The molecule has 100 valence electrons. The maximum Gasteiger partial charge on any atom is 0.0274 e. The van der Waals surface area contributed by atoms with Crippen molar-refractivity contribution in [3.05, 3.63) is 10.6 Å². The fourth-order valence-corrected chi connectivity index (χ4v) is 4.36. The molecule has 5 heteroatoms. The average Bonchev–Trinajstić information content (AvgIpc) is 2.31. The Morgan fingerprint density at radius 3 is 1.82 bits per heavy atom. The van der Waals surface area contributed by atoms with Crippen LogP contribution in [0.5, 0.6) is 0 Å². The Kier molecular flexibility index (Phi) is 9.25. The van der Waals surface area contributed by atoms with E-state index in [1.54, 1.807) is 0 Å². The summed E-state index contributed by atoms with van der Waals surface area (Å²) in [6.45, 7) is 0. The highest BCUT2D eigenvalue weighted by Crippen LogP contribution is 2.31. The van der Waals surface area contributed by atoms with E-state index in [9.17, 15) is 0 Å². The van der Waals surface area contributed by atoms with Gasteiger partial charge in [-0.15, -0.1) is 0 Å². The van der Waals surface area contributed by atoms with Gasteiger partial charge in [0.1, 0.15) is 0 Å². The minimum absolute atomic E-state index is 0.552. The number of alkyl halides is 4. The van der Waals surface area contributed by atoms with Gasteiger partial charge in [0.05, 0.1) is 0 Å². The third-order valence-electron chi connectivity index (χ3n) is 2.97. The van der Waals surface area contributed by atoms with Crippen molar-refractivity contribution in [2.45, 2.75) is 57.8 Å². The second-order valence-electron chi connectivity index (χ2n) is 4.41. The molecule has 4 unspecified atom stereocenters. The molecule has 1 rings (SSSR count). The monoisotopic (exact) mass is 556 g/mol. The van der Waals surface area contributed by atoms with Crippen LogP contribution in [0.1, 0.15) is 38.5 Å². The van der Waals surface area contributed by atoms with E-state index in [2.05, 4.69) is 85.7 Å². The first-order chi connectivity index (χ1) is 8.00. The Morgan fingerprint density at radius 2 is 1.24 bits per heavy atom. The van der Waals surface area contributed by atoms with E-state index >= 15 is 0 Å². The topological polar surface area (TPSA) is 0 Å². The van der Waals surface area contributed by atoms with Crippen LogP contribution >= 0.6 is 79.6 Å². The molecule has 0 saturated heterocycles. The molecule has 0 N–H and O–H groups in total. The minimum atomic E-state index is 0.552. The molecule has 0 heterocycles. The van der Waals surface area contributed by atoms with Crippen LogP contribution in [-0.2, 0) is 0 Å². The van der Waals surface area contributed by atoms with Crippen LogP contribution < -0.4 is 0 Å². The molecule has 0 aliphatic heterocycles. The number of allylic oxidation sites excluding steroid dienone is 2. The second kappa shape index (κ2) is 9.15. The van der Waals surface area contributed by atoms with Crippen molar-refractivity contribution in [1.29, 1.82) is 0 Å². The van der Waals surface area contributed by atoms with Gasteiger partial charge in [0, 0.05) is 19.3 Å². The van der Waals surface area contributed by atoms with Crippen LogP contribution in [0.25, 0.3) is 0 Å². The predicted octanol–water partition coefficient (Wildman–Crippen LogP) is 6.67. The van der Waals surface area contributed by atoms with Gasteiger partial charge in [0.15, 0.2) is 0 Å². The lowest BCUT2D eigenvalue weighted by atomic mass is 10.0. The molecule has 0 saturated carbocycles. The fraction of sp³-hybridized carbons (Fsp3) is 0.833. The number of hydrogen-bond donors (Lipinski definition) is 0. The van der Waals surface area contributed by atoms with Crippen molar-refractivity contribution >= 4 is 79.6 Å². The molecule has 0 bridgehead atoms. The second-order valence-corrected chi connectivity index (χ2v) is 10.1. The zero-order valence-electron chi connectivity index (χ0n) is 9.52. The smallest absolute Gasteiger partial charge is 0.0274 e. The SMILES string of the molecule is Br/C1=C\CCC(Br)C(Br)CCC(Br)C(Br)CC1. The Balaban J connectivity index is 2.62. The largest absolute Gasteiger partial charge is 0.0879 e. The third kappa shape index (κ3) is 6.92. The highest BCUT2D eigenvalue weighted by atomic mass is 79.9. The molecule has 17 heavy (non-hydrogen) atoms. The van der Waals surface area contributed by atoms with Crippen LogP contribution in [0.4, 0.5) is 0 Å². The minimum Gasteiger partial charge on any atom is -0.0879 e. The van der Waals surface area contributed by atoms with Gasteiger partial charge in [-0.2, -0.15) is 0 Å². The molecular weight excluding hydrogens is 544 g/mol. The standard InChI is InChI=1S/C12H17Br5/c13-8-2-1-3-9(14)11(16)6-7-12(17)10(15)5-4-8/h2,9-12H,1,3-7H2/b8-2-. The van der Waals surface area contributed by atoms with E-state index in [-0.39, 0.29) is 0 Å². The van der Waals surface area contributed by atoms with Crippen molar-refractivity contribution in [3.8, 4) is 0 Å². The zero-order chi connectivity index (χ0) is 12.8. The quantitative estimate of drug-likeness (QED) is 0.290. The molecular formula is C12H17Br5. The Hall–Kier alpha value is 2.14. The maximum absolute atomic E-state index is 3.79. The molecule has 0 radical (unpaired) electrons. The Labute approximate surface area is 146 Å². The maximum atomic E-state index is 3.79. The van der Waals surface area contributed by atoms with Crippen LogP contribution in [0.3, 0.4) is 0 Å². The first kappa shape index (κ1) is 17.2. The number of hydrogen-bond acceptors (Lipinski definition) is 0. The van der Waals surface area contributed by atoms with E-state index in [1.165, 1.54) is 30.2 Å². The van der Waals surface area contributed by atoms with Crippen molar-refractivity contribution in [2.24, 2.45) is 0 Å². The van der Waals surface area contributed by atoms with Crippen molar-refractivity contribution in [2.75, 3.05) is 0 Å². The van der Waals surface area contributed by atoms with Crippen LogP contribution in [0.2, 0.25) is 0 Å². The Morgan fingerprint density at radius 1 is 0.765 bits per heavy atom. The fourth-order valence-electron chi connectivity index (χ4n) is 1.82. The molecule has 1 aliphatic carbocycles. The number of rotatable bonds is 0. The highest BCUT2D eigenvalue weighted by molar-refractivity contribution is 9.12. The molecule has 1 aliphatic rings. The van der Waals surface area contributed by atoms with E-state index in [1.807, 2.05) is 0 Å². The summed E-state index contributed by atoms with van der Waals surface area (Å²) in [5.41, 5.74) is 0. The average molecular weight is 561 g/mol. The lowest BCUT2D eigenvalue weighted by Gasteiger charge is -2.21. The summed E-state index contributed by atoms with van der Waals surface area (Å²) in [7, 11) is 0. The number of halogens is 5. The molecule has 0 aromatic rings. The lowest BCUT2D eigenvalue weighted by molar-refractivity contribution is 0.616. The lowest BCUT2D eigenvalue weighted by Crippen LogP contribution is -2.20. The highest BCUT2D eigenvalue weighted by Gasteiger charge is 2.21. The van der Waals surface area contributed by atoms with Gasteiger partial charge in [0.2, 0.25) is 0 Å². The van der Waals surface area contributed by atoms with Gasteiger partial charge in [-0.05, 0) is 43.0 Å². The van der Waals surface area contributed by atoms with Gasteiger partial charge >= 0.3 is 0 Å². The molecule has 0 spiro atoms. The van der Waals surface area contributed by atoms with Gasteiger partial charge < -0.3 is 0 Å². The van der Waals surface area contributed by atoms with E-state index in [0.29, 0.717) is 19.3 Å². The summed E-state index contributed by atoms with van der Waals surface area (Å²) >= 11 is 18.8. The van der Waals surface area contributed by atoms with Crippen LogP contribution in [0, 0.1) is 0 Å². The molecule has 0 fully saturated rings. The molecule has 4 atom stereocenters. The van der Waals surface area contributed by atoms with Crippen LogP contribution in [0.15, 0.2) is 10.6 Å². The summed E-state index contributed by atoms with van der Waals surface area (Å²) in [5, 5.41) is 0. The summed E-state index contributed by atoms with van der Waals surface area (Å²) < 4.78 is 1.34. The summed E-state index contributed by atoms with van der Waals surface area (Å²) in [6, 6.07) is 0. The molecule has 0 aromatic heterocycles. The van der Waals surface area contributed by atoms with Crippen molar-refractivity contribution < 1.29 is 0 Å². The normalized spacial score (nSPS) is 40.9. The molecule has 0 aromatic carbocycles. The summed E-state index contributed by atoms with van der Waals surface area (Å²) in [6.07, 6.45) is 9.37. The van der Waals surface area contributed by atoms with Gasteiger partial charge in [-0.1, -0.05) is 85.7 Å². The van der Waals surface area contributed by atoms with E-state index in [4.69, 9.17) is 0 Å². The van der Waals surface area contributed by atoms with Crippen molar-refractivity contribution in [1.82, 2.24) is 0 Å². The predicted molar refractivity (Wildman–Crippen MR) is 95.6 cm³/mol. The first-order valence-electron chi connectivity index (χ1n) is 5.91. The first-order valence-corrected chi connectivity index (χ1v) is 10.4. The molecule has 0 nitrogen and oxygen atoms in total. The van der Waals surface area contributed by atoms with E-state index < -0.39 is 0 Å². The van der Waals surface area contributed by atoms with Gasteiger partial charge in [-0.25, -0.2) is 0 Å².